The first-order valence-corrected chi connectivity index (χ1v) is 10.0. The molecule has 1 aromatic heterocycles. The first-order chi connectivity index (χ1) is 13.8. The number of nitrogens with zero attached hydrogens (tertiary/aromatic N) is 2. The molecule has 0 bridgehead atoms. The molecule has 1 atom stereocenters. The maximum Gasteiger partial charge on any atom is 0.337 e. The summed E-state index contributed by atoms with van der Waals surface area (Å²) in [6.45, 7) is 1.63. The molecule has 0 fully saturated rings. The van der Waals surface area contributed by atoms with Gasteiger partial charge < -0.3 is 9.84 Å². The number of aliphatic hydroxyl groups excluding tert-OH is 1. The minimum Gasteiger partial charge on any atom is -0.465 e. The van der Waals surface area contributed by atoms with E-state index in [2.05, 4.69) is 4.98 Å². The van der Waals surface area contributed by atoms with Gasteiger partial charge in [-0.1, -0.05) is 29.4 Å². The lowest BCUT2D eigenvalue weighted by molar-refractivity contribution is 0.0601. The lowest BCUT2D eigenvalue weighted by Crippen LogP contribution is -2.28. The fraction of sp³-hybridized carbons (Fsp3) is 0.250. The first-order valence-electron chi connectivity index (χ1n) is 8.68. The molecule has 0 aliphatic carbocycles. The van der Waals surface area contributed by atoms with Crippen molar-refractivity contribution in [3.8, 4) is 0 Å². The normalized spacial score (nSPS) is 12.2. The fourth-order valence-electron chi connectivity index (χ4n) is 2.76. The van der Waals surface area contributed by atoms with Gasteiger partial charge in [-0.05, 0) is 42.8 Å². The summed E-state index contributed by atoms with van der Waals surface area (Å²) in [4.78, 5) is 29.3. The first kappa shape index (κ1) is 21.3. The van der Waals surface area contributed by atoms with Gasteiger partial charge in [-0.2, -0.15) is 0 Å². The van der Waals surface area contributed by atoms with E-state index < -0.39 is 17.9 Å². The molecule has 6 nitrogen and oxygen atoms in total. The molecule has 3 aromatic rings. The summed E-state index contributed by atoms with van der Waals surface area (Å²) < 4.78 is 19.4. The number of methoxy groups -OCH3 is 1. The average molecular weight is 437 g/mol. The third-order valence-corrected chi connectivity index (χ3v) is 5.54. The number of fused-ring (bicyclic) bond motifs is 1. The average Bonchev–Trinajstić information content (AvgIpc) is 2.68. The van der Waals surface area contributed by atoms with Gasteiger partial charge in [0.2, 0.25) is 0 Å². The molecule has 1 unspecified atom stereocenters. The highest BCUT2D eigenvalue weighted by molar-refractivity contribution is 7.98. The number of benzene rings is 2. The van der Waals surface area contributed by atoms with Gasteiger partial charge in [0, 0.05) is 10.8 Å². The number of esters is 1. The van der Waals surface area contributed by atoms with Gasteiger partial charge in [-0.3, -0.25) is 9.36 Å². The molecular weight excluding hydrogens is 419 g/mol. The Labute approximate surface area is 175 Å². The zero-order chi connectivity index (χ0) is 21.1. The van der Waals surface area contributed by atoms with Crippen LogP contribution in [0.3, 0.4) is 0 Å². The Morgan fingerprint density at radius 2 is 2.10 bits per heavy atom. The van der Waals surface area contributed by atoms with Gasteiger partial charge >= 0.3 is 5.97 Å². The smallest absolute Gasteiger partial charge is 0.337 e. The predicted octanol–water partition coefficient (Wildman–Crippen LogP) is 3.65. The SMILES string of the molecule is COC(=O)c1ccc2c(=O)n(CC(C)O)c(SCc3ccc(F)cc3Cl)nc2c1. The number of ether oxygens (including phenoxy) is 1. The lowest BCUT2D eigenvalue weighted by atomic mass is 10.1. The highest BCUT2D eigenvalue weighted by atomic mass is 35.5. The third kappa shape index (κ3) is 4.77. The number of thioether (sulfide) groups is 1. The van der Waals surface area contributed by atoms with Crippen molar-refractivity contribution < 1.29 is 19.0 Å². The molecule has 3 rings (SSSR count). The Morgan fingerprint density at radius 3 is 2.76 bits per heavy atom. The van der Waals surface area contributed by atoms with Crippen LogP contribution in [-0.4, -0.2) is 33.8 Å². The molecule has 1 heterocycles. The molecule has 29 heavy (non-hydrogen) atoms. The molecule has 152 valence electrons. The molecule has 0 saturated carbocycles. The molecule has 1 N–H and O–H groups in total. The second-order valence-electron chi connectivity index (χ2n) is 6.41. The second kappa shape index (κ2) is 8.94. The van der Waals surface area contributed by atoms with E-state index in [0.29, 0.717) is 27.4 Å². The number of hydrogen-bond acceptors (Lipinski definition) is 6. The van der Waals surface area contributed by atoms with E-state index in [1.54, 1.807) is 13.0 Å². The van der Waals surface area contributed by atoms with Crippen molar-refractivity contribution in [3.63, 3.8) is 0 Å². The van der Waals surface area contributed by atoms with Crippen molar-refractivity contribution >= 4 is 40.2 Å². The minimum absolute atomic E-state index is 0.0556. The maximum atomic E-state index is 13.3. The molecule has 0 radical (unpaired) electrons. The lowest BCUT2D eigenvalue weighted by Gasteiger charge is -2.15. The van der Waals surface area contributed by atoms with Gasteiger partial charge in [0.25, 0.3) is 5.56 Å². The van der Waals surface area contributed by atoms with Gasteiger partial charge in [-0.25, -0.2) is 14.2 Å². The van der Waals surface area contributed by atoms with E-state index in [9.17, 15) is 19.1 Å². The van der Waals surface area contributed by atoms with E-state index in [-0.39, 0.29) is 22.7 Å². The van der Waals surface area contributed by atoms with Crippen molar-refractivity contribution in [1.29, 1.82) is 0 Å². The van der Waals surface area contributed by atoms with E-state index in [1.165, 1.54) is 53.8 Å². The zero-order valence-electron chi connectivity index (χ0n) is 15.7. The van der Waals surface area contributed by atoms with Crippen LogP contribution in [0.15, 0.2) is 46.3 Å². The summed E-state index contributed by atoms with van der Waals surface area (Å²) in [7, 11) is 1.27. The molecule has 0 aliphatic rings. The molecule has 0 spiro atoms. The summed E-state index contributed by atoms with van der Waals surface area (Å²) in [5, 5.41) is 10.8. The van der Waals surface area contributed by atoms with E-state index in [4.69, 9.17) is 16.3 Å². The molecule has 0 amide bonds. The number of carbonyl (C=O) groups is 1. The van der Waals surface area contributed by atoms with Crippen molar-refractivity contribution in [2.24, 2.45) is 0 Å². The Bertz CT molecular complexity index is 1130. The number of aliphatic hydroxyl groups is 1. The summed E-state index contributed by atoms with van der Waals surface area (Å²) >= 11 is 7.31. The summed E-state index contributed by atoms with van der Waals surface area (Å²) in [5.41, 5.74) is 0.962. The topological polar surface area (TPSA) is 81.4 Å². The van der Waals surface area contributed by atoms with Gasteiger partial charge in [0.15, 0.2) is 5.16 Å². The van der Waals surface area contributed by atoms with Crippen LogP contribution < -0.4 is 5.56 Å². The Hall–Kier alpha value is -2.42. The van der Waals surface area contributed by atoms with Crippen molar-refractivity contribution in [2.75, 3.05) is 7.11 Å². The molecule has 0 saturated heterocycles. The Kier molecular flexibility index (Phi) is 6.56. The van der Waals surface area contributed by atoms with Crippen molar-refractivity contribution in [3.05, 3.63) is 68.7 Å². The largest absolute Gasteiger partial charge is 0.465 e. The summed E-state index contributed by atoms with van der Waals surface area (Å²) in [6, 6.07) is 8.59. The minimum atomic E-state index is -0.768. The van der Waals surface area contributed by atoms with Crippen LogP contribution in [0.25, 0.3) is 10.9 Å². The van der Waals surface area contributed by atoms with Crippen LogP contribution in [0.2, 0.25) is 5.02 Å². The second-order valence-corrected chi connectivity index (χ2v) is 7.76. The van der Waals surface area contributed by atoms with E-state index in [1.807, 2.05) is 0 Å². The monoisotopic (exact) mass is 436 g/mol. The van der Waals surface area contributed by atoms with Gasteiger partial charge in [-0.15, -0.1) is 0 Å². The number of aromatic nitrogens is 2. The van der Waals surface area contributed by atoms with Crippen LogP contribution >= 0.6 is 23.4 Å². The van der Waals surface area contributed by atoms with Crippen LogP contribution in [0.4, 0.5) is 4.39 Å². The van der Waals surface area contributed by atoms with Gasteiger partial charge in [0.05, 0.1) is 36.2 Å². The van der Waals surface area contributed by atoms with Crippen molar-refractivity contribution in [2.45, 2.75) is 30.5 Å². The number of rotatable bonds is 6. The number of halogens is 2. The summed E-state index contributed by atoms with van der Waals surface area (Å²) in [6.07, 6.45) is -0.768. The third-order valence-electron chi connectivity index (χ3n) is 4.16. The highest BCUT2D eigenvalue weighted by Gasteiger charge is 2.16. The van der Waals surface area contributed by atoms with Crippen LogP contribution in [-0.2, 0) is 17.0 Å². The van der Waals surface area contributed by atoms with E-state index in [0.717, 1.165) is 0 Å². The number of carbonyl (C=O) groups excluding carboxylic acids is 1. The van der Waals surface area contributed by atoms with Crippen LogP contribution in [0.5, 0.6) is 0 Å². The molecular formula is C20H18ClFN2O4S. The van der Waals surface area contributed by atoms with Crippen molar-refractivity contribution in [1.82, 2.24) is 9.55 Å². The number of hydrogen-bond donors (Lipinski definition) is 1. The standard InChI is InChI=1S/C20H18ClFN2O4S/c1-11(25)9-24-18(26)15-6-4-12(19(27)28-2)7-17(15)23-20(24)29-10-13-3-5-14(22)8-16(13)21/h3-8,11,25H,9-10H2,1-2H3. The zero-order valence-corrected chi connectivity index (χ0v) is 17.3. The van der Waals surface area contributed by atoms with Crippen LogP contribution in [0, 0.1) is 5.82 Å². The maximum absolute atomic E-state index is 13.3. The predicted molar refractivity (Wildman–Crippen MR) is 110 cm³/mol. The Balaban J connectivity index is 2.06. The molecule has 2 aromatic carbocycles. The highest BCUT2D eigenvalue weighted by Crippen LogP contribution is 2.27. The molecule has 9 heteroatoms. The Morgan fingerprint density at radius 1 is 1.34 bits per heavy atom. The van der Waals surface area contributed by atoms with Gasteiger partial charge in [0.1, 0.15) is 5.82 Å². The van der Waals surface area contributed by atoms with Crippen LogP contribution in [0.1, 0.15) is 22.8 Å². The quantitative estimate of drug-likeness (QED) is 0.361. The summed E-state index contributed by atoms with van der Waals surface area (Å²) in [5.74, 6) is -0.629. The molecule has 0 aliphatic heterocycles. The van der Waals surface area contributed by atoms with E-state index >= 15 is 0 Å². The fourth-order valence-corrected chi connectivity index (χ4v) is 4.09.